The number of rotatable bonds is 9. The van der Waals surface area contributed by atoms with E-state index in [-0.39, 0.29) is 23.5 Å². The van der Waals surface area contributed by atoms with Gasteiger partial charge in [0.05, 0.1) is 47.0 Å². The second-order valence-corrected chi connectivity index (χ2v) is 13.2. The number of carbonyl (C=O) groups is 1. The molecule has 0 radical (unpaired) electrons. The highest BCUT2D eigenvalue weighted by molar-refractivity contribution is 7.91. The lowest BCUT2D eigenvalue weighted by Crippen LogP contribution is -2.33. The van der Waals surface area contributed by atoms with Gasteiger partial charge in [-0.15, -0.1) is 0 Å². The number of benzene rings is 3. The fraction of sp³-hybridized carbons (Fsp3) is 0.265. The molecule has 1 amide bonds. The summed E-state index contributed by atoms with van der Waals surface area (Å²) in [4.78, 5) is 21.5. The topological polar surface area (TPSA) is 94.4 Å². The molecule has 8 nitrogen and oxygen atoms in total. The number of amides is 1. The van der Waals surface area contributed by atoms with Crippen molar-refractivity contribution in [1.82, 2.24) is 19.7 Å². The van der Waals surface area contributed by atoms with Gasteiger partial charge in [-0.1, -0.05) is 72.8 Å². The van der Waals surface area contributed by atoms with Crippen LogP contribution in [0.3, 0.4) is 0 Å². The van der Waals surface area contributed by atoms with Gasteiger partial charge in [-0.25, -0.2) is 18.1 Å². The molecule has 1 fully saturated rings. The van der Waals surface area contributed by atoms with Crippen molar-refractivity contribution < 1.29 is 17.9 Å². The van der Waals surface area contributed by atoms with Crippen molar-refractivity contribution in [2.75, 3.05) is 25.2 Å². The van der Waals surface area contributed by atoms with Gasteiger partial charge in [0, 0.05) is 18.7 Å². The van der Waals surface area contributed by atoms with E-state index in [1.54, 1.807) is 11.8 Å². The lowest BCUT2D eigenvalue weighted by molar-refractivity contribution is 0.0747. The summed E-state index contributed by atoms with van der Waals surface area (Å²) in [5.41, 5.74) is 5.23. The molecule has 9 heteroatoms. The smallest absolute Gasteiger partial charge is 0.255 e. The van der Waals surface area contributed by atoms with E-state index in [0.717, 1.165) is 16.7 Å². The van der Waals surface area contributed by atoms with Crippen LogP contribution in [0.5, 0.6) is 5.75 Å². The van der Waals surface area contributed by atoms with Crippen LogP contribution in [0.15, 0.2) is 91.0 Å². The molecule has 5 aromatic rings. The summed E-state index contributed by atoms with van der Waals surface area (Å²) in [5, 5.41) is 5.43. The molecular weight excluding hydrogens is 560 g/mol. The maximum atomic E-state index is 14.6. The van der Waals surface area contributed by atoms with Crippen molar-refractivity contribution in [3.8, 4) is 17.0 Å². The van der Waals surface area contributed by atoms with Crippen LogP contribution in [0, 0.1) is 6.92 Å². The Labute approximate surface area is 251 Å². The molecule has 43 heavy (non-hydrogen) atoms. The van der Waals surface area contributed by atoms with Crippen molar-refractivity contribution in [3.63, 3.8) is 0 Å². The molecule has 0 bridgehead atoms. The van der Waals surface area contributed by atoms with Crippen LogP contribution in [0.25, 0.3) is 22.3 Å². The Morgan fingerprint density at radius 2 is 1.70 bits per heavy atom. The van der Waals surface area contributed by atoms with Crippen molar-refractivity contribution in [2.45, 2.75) is 32.4 Å². The number of carbonyl (C=O) groups excluding carboxylic acids is 1. The van der Waals surface area contributed by atoms with E-state index >= 15 is 0 Å². The molecule has 3 aromatic carbocycles. The van der Waals surface area contributed by atoms with Crippen molar-refractivity contribution in [1.29, 1.82) is 0 Å². The Morgan fingerprint density at radius 3 is 2.37 bits per heavy atom. The molecule has 220 valence electrons. The SMILES string of the molecule is COc1cccc(-c2cc(C(=O)N(CCc3ccccc3)Cc3ccccc3)c3c(C)nn(C4CCS(=O)(=O)C4)c3n2)c1. The Bertz CT molecular complexity index is 1870. The van der Waals surface area contributed by atoms with E-state index in [2.05, 4.69) is 12.1 Å². The third kappa shape index (κ3) is 6.17. The normalized spacial score (nSPS) is 15.9. The van der Waals surface area contributed by atoms with Gasteiger partial charge in [-0.3, -0.25) is 4.79 Å². The third-order valence-electron chi connectivity index (χ3n) is 8.00. The zero-order valence-corrected chi connectivity index (χ0v) is 25.1. The largest absolute Gasteiger partial charge is 0.497 e. The number of methoxy groups -OCH3 is 1. The first-order valence-electron chi connectivity index (χ1n) is 14.4. The molecule has 6 rings (SSSR count). The number of hydrogen-bond donors (Lipinski definition) is 0. The van der Waals surface area contributed by atoms with Gasteiger partial charge in [0.15, 0.2) is 15.5 Å². The first kappa shape index (κ1) is 28.6. The lowest BCUT2D eigenvalue weighted by Gasteiger charge is -2.24. The number of aromatic nitrogens is 3. The molecule has 1 unspecified atom stereocenters. The number of aryl methyl sites for hydroxylation is 1. The average molecular weight is 595 g/mol. The highest BCUT2D eigenvalue weighted by Crippen LogP contribution is 2.33. The van der Waals surface area contributed by atoms with Crippen LogP contribution in [-0.4, -0.2) is 59.1 Å². The quantitative estimate of drug-likeness (QED) is 0.219. The highest BCUT2D eigenvalue weighted by atomic mass is 32.2. The third-order valence-corrected chi connectivity index (χ3v) is 9.75. The van der Waals surface area contributed by atoms with E-state index < -0.39 is 9.84 Å². The van der Waals surface area contributed by atoms with Gasteiger partial charge in [0.2, 0.25) is 0 Å². The summed E-state index contributed by atoms with van der Waals surface area (Å²) in [6, 6.07) is 29.2. The van der Waals surface area contributed by atoms with Crippen LogP contribution < -0.4 is 4.74 Å². The Kier molecular flexibility index (Phi) is 7.99. The monoisotopic (exact) mass is 594 g/mol. The second-order valence-electron chi connectivity index (χ2n) is 11.0. The van der Waals surface area contributed by atoms with Crippen LogP contribution >= 0.6 is 0 Å². The molecule has 0 spiro atoms. The van der Waals surface area contributed by atoms with Gasteiger partial charge in [0.1, 0.15) is 5.75 Å². The van der Waals surface area contributed by atoms with Crippen LogP contribution in [-0.2, 0) is 22.8 Å². The van der Waals surface area contributed by atoms with Gasteiger partial charge in [0.25, 0.3) is 5.91 Å². The zero-order chi connectivity index (χ0) is 30.0. The molecule has 0 aliphatic carbocycles. The van der Waals surface area contributed by atoms with Crippen molar-refractivity contribution in [2.24, 2.45) is 0 Å². The Hall–Kier alpha value is -4.50. The van der Waals surface area contributed by atoms with E-state index in [1.165, 1.54) is 0 Å². The summed E-state index contributed by atoms with van der Waals surface area (Å²) in [7, 11) is -1.55. The molecule has 0 N–H and O–H groups in total. The fourth-order valence-corrected chi connectivity index (χ4v) is 7.46. The minimum atomic E-state index is -3.16. The summed E-state index contributed by atoms with van der Waals surface area (Å²) in [5.74, 6) is 0.670. The number of sulfone groups is 1. The Morgan fingerprint density at radius 1 is 0.977 bits per heavy atom. The number of nitrogens with zero attached hydrogens (tertiary/aromatic N) is 4. The van der Waals surface area contributed by atoms with Gasteiger partial charge < -0.3 is 9.64 Å². The predicted octanol–water partition coefficient (Wildman–Crippen LogP) is 5.66. The number of hydrogen-bond acceptors (Lipinski definition) is 6. The molecule has 1 saturated heterocycles. The fourth-order valence-electron chi connectivity index (χ4n) is 5.77. The van der Waals surface area contributed by atoms with Crippen LogP contribution in [0.4, 0.5) is 0 Å². The molecule has 1 aliphatic heterocycles. The number of ether oxygens (including phenoxy) is 1. The predicted molar refractivity (Wildman–Crippen MR) is 168 cm³/mol. The molecule has 3 heterocycles. The lowest BCUT2D eigenvalue weighted by atomic mass is 10.0. The Balaban J connectivity index is 1.48. The summed E-state index contributed by atoms with van der Waals surface area (Å²) >= 11 is 0. The van der Waals surface area contributed by atoms with E-state index in [4.69, 9.17) is 14.8 Å². The van der Waals surface area contributed by atoms with Crippen LogP contribution in [0.1, 0.15) is 39.6 Å². The summed E-state index contributed by atoms with van der Waals surface area (Å²) in [6.45, 7) is 2.82. The van der Waals surface area contributed by atoms with Gasteiger partial charge in [-0.05, 0) is 49.1 Å². The zero-order valence-electron chi connectivity index (χ0n) is 24.3. The number of pyridine rings is 1. The maximum absolute atomic E-state index is 14.6. The molecule has 0 saturated carbocycles. The summed E-state index contributed by atoms with van der Waals surface area (Å²) in [6.07, 6.45) is 1.17. The average Bonchev–Trinajstić information content (AvgIpc) is 3.57. The first-order valence-corrected chi connectivity index (χ1v) is 16.3. The highest BCUT2D eigenvalue weighted by Gasteiger charge is 2.33. The second kappa shape index (κ2) is 12.0. The van der Waals surface area contributed by atoms with E-state index in [0.29, 0.717) is 59.7 Å². The van der Waals surface area contributed by atoms with Gasteiger partial charge in [-0.2, -0.15) is 5.10 Å². The minimum absolute atomic E-state index is 0.00871. The van der Waals surface area contributed by atoms with E-state index in [1.807, 2.05) is 90.7 Å². The summed E-state index contributed by atoms with van der Waals surface area (Å²) < 4.78 is 32.0. The standard InChI is InChI=1S/C34H34N4O4S/c1-24-32-30(34(39)37(22-26-12-7-4-8-13-26)18-16-25-10-5-3-6-11-25)21-31(27-14-9-15-29(20-27)42-2)35-33(32)38(36-24)28-17-19-43(40,41)23-28/h3-15,20-21,28H,16-19,22-23H2,1-2H3. The minimum Gasteiger partial charge on any atom is -0.497 e. The van der Waals surface area contributed by atoms with E-state index in [9.17, 15) is 13.2 Å². The van der Waals surface area contributed by atoms with Crippen molar-refractivity contribution >= 4 is 26.8 Å². The molecule has 2 aromatic heterocycles. The molecule has 1 atom stereocenters. The first-order chi connectivity index (χ1) is 20.8. The molecular formula is C34H34N4O4S. The van der Waals surface area contributed by atoms with Crippen molar-refractivity contribution in [3.05, 3.63) is 113 Å². The van der Waals surface area contributed by atoms with Gasteiger partial charge >= 0.3 is 0 Å². The maximum Gasteiger partial charge on any atom is 0.255 e. The molecule has 1 aliphatic rings. The number of fused-ring (bicyclic) bond motifs is 1. The van der Waals surface area contributed by atoms with Crippen LogP contribution in [0.2, 0.25) is 0 Å².